The predicted octanol–water partition coefficient (Wildman–Crippen LogP) is 8.78. The van der Waals surface area contributed by atoms with Crippen LogP contribution in [0, 0.1) is 37.3 Å². The second kappa shape index (κ2) is 13.6. The van der Waals surface area contributed by atoms with Crippen LogP contribution in [0.4, 0.5) is 29.2 Å². The van der Waals surface area contributed by atoms with E-state index in [0.717, 1.165) is 22.3 Å². The number of nitrogens with zero attached hydrogens (tertiary/aromatic N) is 4. The van der Waals surface area contributed by atoms with E-state index in [0.29, 0.717) is 28.2 Å². The van der Waals surface area contributed by atoms with E-state index in [2.05, 4.69) is 20.6 Å². The molecule has 0 bridgehead atoms. The van der Waals surface area contributed by atoms with Crippen LogP contribution in [0.3, 0.4) is 0 Å². The van der Waals surface area contributed by atoms with Gasteiger partial charge in [-0.3, -0.25) is 14.0 Å². The van der Waals surface area contributed by atoms with Crippen LogP contribution in [0.1, 0.15) is 31.4 Å². The van der Waals surface area contributed by atoms with Crippen molar-refractivity contribution in [3.63, 3.8) is 0 Å². The average molecular weight is 705 g/mol. The Labute approximate surface area is 290 Å². The van der Waals surface area contributed by atoms with Gasteiger partial charge in [-0.15, -0.1) is 0 Å². The van der Waals surface area contributed by atoms with Gasteiger partial charge >= 0.3 is 0 Å². The van der Waals surface area contributed by atoms with Crippen LogP contribution in [0.5, 0.6) is 0 Å². The van der Waals surface area contributed by atoms with Crippen molar-refractivity contribution in [3.8, 4) is 22.3 Å². The maximum Gasteiger partial charge on any atom is 0.231 e. The molecule has 258 valence electrons. The standard InChI is InChI=1S/C18H14ClF2N3O.C18H15F2N3O.CH4/c1-9-11(3-2-4-13(9)20)10-5-6-15-22-17(16(19)24(15)8-10)23-18(25)12-7-14(12)21;1-10-12(3-2-4-14(10)19)11-5-6-17-21-16(9-23(17)8-11)22-18(24)13-7-15(13)20;/h2-6,8,12,14H,7H2,1H3,(H,23,25);2-6,8-9,13,15H,7H2,1H3,(H,22,24);1H4/t12-,14+;13-,15+;/m11./s1. The molecule has 2 N–H and O–H groups in total. The summed E-state index contributed by atoms with van der Waals surface area (Å²) in [5.41, 5.74) is 5.46. The van der Waals surface area contributed by atoms with E-state index in [-0.39, 0.29) is 48.8 Å². The molecule has 13 heteroatoms. The second-order valence-electron chi connectivity index (χ2n) is 12.2. The van der Waals surface area contributed by atoms with Crippen molar-refractivity contribution in [2.45, 2.75) is 46.5 Å². The summed E-state index contributed by atoms with van der Waals surface area (Å²) in [4.78, 5) is 32.2. The lowest BCUT2D eigenvalue weighted by molar-refractivity contribution is -0.118. The summed E-state index contributed by atoms with van der Waals surface area (Å²) < 4.78 is 56.8. The number of carbonyl (C=O) groups is 2. The molecule has 2 aromatic carbocycles. The van der Waals surface area contributed by atoms with E-state index in [4.69, 9.17) is 11.6 Å². The van der Waals surface area contributed by atoms with E-state index < -0.39 is 30.1 Å². The molecule has 2 saturated carbocycles. The third-order valence-corrected chi connectivity index (χ3v) is 9.12. The first-order chi connectivity index (χ1) is 23.5. The topological polar surface area (TPSA) is 92.8 Å². The number of anilines is 2. The number of carbonyl (C=O) groups excluding carboxylic acids is 2. The average Bonchev–Trinajstić information content (AvgIpc) is 3.93. The van der Waals surface area contributed by atoms with Gasteiger partial charge in [0.2, 0.25) is 11.8 Å². The third kappa shape index (κ3) is 6.80. The number of aromatic nitrogens is 4. The summed E-state index contributed by atoms with van der Waals surface area (Å²) in [6.07, 6.45) is 3.62. The van der Waals surface area contributed by atoms with Crippen LogP contribution in [0.15, 0.2) is 79.3 Å². The minimum Gasteiger partial charge on any atom is -0.309 e. The summed E-state index contributed by atoms with van der Waals surface area (Å²) in [6.45, 7) is 3.44. The van der Waals surface area contributed by atoms with Crippen molar-refractivity contribution in [3.05, 3.63) is 107 Å². The number of nitrogens with one attached hydrogen (secondary N) is 2. The zero-order valence-electron chi connectivity index (χ0n) is 26.2. The SMILES string of the molecule is C.Cc1c(F)cccc1-c1ccc2nc(NC(=O)[C@@H]3C[C@@H]3F)c(Cl)n2c1.Cc1c(F)cccc1-c1ccc2nc(NC(=O)[C@@H]3C[C@@H]3F)cn2c1. The zero-order valence-corrected chi connectivity index (χ0v) is 27.0. The fourth-order valence-electron chi connectivity index (χ4n) is 5.61. The van der Waals surface area contributed by atoms with Crippen molar-refractivity contribution in [2.75, 3.05) is 10.6 Å². The lowest BCUT2D eigenvalue weighted by Gasteiger charge is -2.07. The quantitative estimate of drug-likeness (QED) is 0.170. The first-order valence-electron chi connectivity index (χ1n) is 15.6. The fourth-order valence-corrected chi connectivity index (χ4v) is 5.83. The number of pyridine rings is 2. The highest BCUT2D eigenvalue weighted by atomic mass is 35.5. The molecular formula is C37H33ClF4N6O2. The summed E-state index contributed by atoms with van der Waals surface area (Å²) in [6, 6.07) is 17.0. The minimum absolute atomic E-state index is 0. The monoisotopic (exact) mass is 704 g/mol. The summed E-state index contributed by atoms with van der Waals surface area (Å²) in [5.74, 6) is -1.90. The van der Waals surface area contributed by atoms with Gasteiger partial charge in [-0.2, -0.15) is 0 Å². The summed E-state index contributed by atoms with van der Waals surface area (Å²) in [5, 5.41) is 5.42. The number of fused-ring (bicyclic) bond motifs is 2. The highest BCUT2D eigenvalue weighted by Gasteiger charge is 2.44. The molecule has 4 heterocycles. The lowest BCUT2D eigenvalue weighted by Crippen LogP contribution is -2.15. The van der Waals surface area contributed by atoms with Crippen molar-refractivity contribution in [1.82, 2.24) is 18.8 Å². The molecule has 2 aliphatic rings. The largest absolute Gasteiger partial charge is 0.309 e. The second-order valence-corrected chi connectivity index (χ2v) is 12.6. The number of hydrogen-bond acceptors (Lipinski definition) is 4. The van der Waals surface area contributed by atoms with Crippen LogP contribution in [0.2, 0.25) is 5.15 Å². The van der Waals surface area contributed by atoms with Gasteiger partial charge in [-0.05, 0) is 96.5 Å². The molecule has 4 aromatic heterocycles. The van der Waals surface area contributed by atoms with Gasteiger partial charge in [-0.25, -0.2) is 27.5 Å². The molecule has 4 atom stereocenters. The van der Waals surface area contributed by atoms with E-state index in [1.807, 2.05) is 30.5 Å². The molecular weight excluding hydrogens is 672 g/mol. The van der Waals surface area contributed by atoms with E-state index in [1.54, 1.807) is 59.3 Å². The van der Waals surface area contributed by atoms with Gasteiger partial charge in [0.15, 0.2) is 16.8 Å². The van der Waals surface area contributed by atoms with Gasteiger partial charge in [-0.1, -0.05) is 43.3 Å². The highest BCUT2D eigenvalue weighted by molar-refractivity contribution is 6.32. The predicted molar refractivity (Wildman–Crippen MR) is 186 cm³/mol. The van der Waals surface area contributed by atoms with Crippen molar-refractivity contribution < 1.29 is 27.2 Å². The number of amides is 2. The maximum atomic E-state index is 13.8. The van der Waals surface area contributed by atoms with Gasteiger partial charge in [0, 0.05) is 12.4 Å². The first-order valence-corrected chi connectivity index (χ1v) is 15.9. The molecule has 2 fully saturated rings. The molecule has 2 aliphatic carbocycles. The number of rotatable bonds is 6. The number of benzene rings is 2. The molecule has 0 saturated heterocycles. The molecule has 50 heavy (non-hydrogen) atoms. The van der Waals surface area contributed by atoms with Gasteiger partial charge in [0.25, 0.3) is 0 Å². The number of imidazole rings is 2. The Morgan fingerprint density at radius 1 is 0.740 bits per heavy atom. The zero-order chi connectivity index (χ0) is 34.6. The number of hydrogen-bond donors (Lipinski definition) is 2. The normalized spacial score (nSPS) is 18.9. The van der Waals surface area contributed by atoms with E-state index in [1.165, 1.54) is 12.1 Å². The van der Waals surface area contributed by atoms with E-state index >= 15 is 0 Å². The van der Waals surface area contributed by atoms with Gasteiger partial charge in [0.05, 0.1) is 18.0 Å². The Bertz CT molecular complexity index is 2270. The van der Waals surface area contributed by atoms with Crippen LogP contribution < -0.4 is 10.6 Å². The molecule has 0 aliphatic heterocycles. The Kier molecular flexibility index (Phi) is 9.41. The van der Waals surface area contributed by atoms with Crippen LogP contribution in [-0.2, 0) is 9.59 Å². The van der Waals surface area contributed by atoms with Gasteiger partial charge < -0.3 is 15.0 Å². The van der Waals surface area contributed by atoms with Gasteiger partial charge in [0.1, 0.15) is 35.3 Å². The molecule has 0 radical (unpaired) electrons. The molecule has 0 spiro atoms. The molecule has 6 aromatic rings. The Morgan fingerprint density at radius 3 is 1.82 bits per heavy atom. The molecule has 8 nitrogen and oxygen atoms in total. The van der Waals surface area contributed by atoms with Crippen molar-refractivity contribution >= 4 is 46.3 Å². The minimum atomic E-state index is -1.08. The first kappa shape index (κ1) is 34.6. The van der Waals surface area contributed by atoms with Crippen LogP contribution >= 0.6 is 11.6 Å². The molecule has 8 rings (SSSR count). The number of alkyl halides is 2. The number of halogens is 5. The third-order valence-electron chi connectivity index (χ3n) is 8.76. The van der Waals surface area contributed by atoms with Crippen LogP contribution in [0.25, 0.3) is 33.5 Å². The Balaban J connectivity index is 0.000000170. The van der Waals surface area contributed by atoms with Crippen LogP contribution in [-0.4, -0.2) is 42.9 Å². The Hall–Kier alpha value is -5.23. The smallest absolute Gasteiger partial charge is 0.231 e. The summed E-state index contributed by atoms with van der Waals surface area (Å²) in [7, 11) is 0. The van der Waals surface area contributed by atoms with Crippen molar-refractivity contribution in [1.29, 1.82) is 0 Å². The molecule has 2 amide bonds. The van der Waals surface area contributed by atoms with Crippen molar-refractivity contribution in [2.24, 2.45) is 11.8 Å². The highest BCUT2D eigenvalue weighted by Crippen LogP contribution is 2.36. The Morgan fingerprint density at radius 2 is 1.26 bits per heavy atom. The van der Waals surface area contributed by atoms with E-state index in [9.17, 15) is 27.2 Å². The molecule has 0 unspecified atom stereocenters. The lowest BCUT2D eigenvalue weighted by atomic mass is 10.0. The summed E-state index contributed by atoms with van der Waals surface area (Å²) >= 11 is 6.31. The fraction of sp³-hybridized carbons (Fsp3) is 0.243. The maximum absolute atomic E-state index is 13.8.